The Labute approximate surface area is 78.1 Å². The SMILES string of the molecule is Cn1cc(C(N)CO)c(C(F)(F)F)n1. The number of alkyl halides is 3. The summed E-state index contributed by atoms with van der Waals surface area (Å²) in [6.45, 7) is -0.547. The number of halogens is 3. The summed E-state index contributed by atoms with van der Waals surface area (Å²) in [7, 11) is 1.36. The fraction of sp³-hybridized carbons (Fsp3) is 0.571. The molecule has 0 saturated carbocycles. The molecule has 4 nitrogen and oxygen atoms in total. The summed E-state index contributed by atoms with van der Waals surface area (Å²) in [4.78, 5) is 0. The molecule has 0 aromatic carbocycles. The molecule has 1 heterocycles. The van der Waals surface area contributed by atoms with Crippen molar-refractivity contribution < 1.29 is 18.3 Å². The van der Waals surface area contributed by atoms with E-state index >= 15 is 0 Å². The maximum Gasteiger partial charge on any atom is 0.435 e. The Morgan fingerprint density at radius 2 is 2.21 bits per heavy atom. The number of rotatable bonds is 2. The van der Waals surface area contributed by atoms with E-state index in [2.05, 4.69) is 5.10 Å². The molecule has 0 spiro atoms. The highest BCUT2D eigenvalue weighted by molar-refractivity contribution is 5.23. The predicted molar refractivity (Wildman–Crippen MR) is 42.2 cm³/mol. The van der Waals surface area contributed by atoms with Crippen LogP contribution in [0, 0.1) is 0 Å². The Balaban J connectivity index is 3.16. The third kappa shape index (κ3) is 2.05. The van der Waals surface area contributed by atoms with Gasteiger partial charge in [0, 0.05) is 18.8 Å². The summed E-state index contributed by atoms with van der Waals surface area (Å²) in [5, 5.41) is 11.9. The number of hydrogen-bond acceptors (Lipinski definition) is 3. The standard InChI is InChI=1S/C7H10F3N3O/c1-13-2-4(5(11)3-14)6(12-13)7(8,9)10/h2,5,14H,3,11H2,1H3. The molecule has 7 heteroatoms. The van der Waals surface area contributed by atoms with Crippen molar-refractivity contribution in [3.8, 4) is 0 Å². The van der Waals surface area contributed by atoms with Gasteiger partial charge in [0.2, 0.25) is 0 Å². The zero-order chi connectivity index (χ0) is 10.9. The first kappa shape index (κ1) is 11.0. The largest absolute Gasteiger partial charge is 0.435 e. The zero-order valence-corrected chi connectivity index (χ0v) is 7.41. The maximum absolute atomic E-state index is 12.3. The second-order valence-corrected chi connectivity index (χ2v) is 2.89. The fourth-order valence-electron chi connectivity index (χ4n) is 1.10. The minimum Gasteiger partial charge on any atom is -0.394 e. The summed E-state index contributed by atoms with van der Waals surface area (Å²) in [6.07, 6.45) is -3.38. The first-order valence-corrected chi connectivity index (χ1v) is 3.83. The second kappa shape index (κ2) is 3.58. The Kier molecular flexibility index (Phi) is 2.81. The van der Waals surface area contributed by atoms with Gasteiger partial charge in [-0.25, -0.2) is 0 Å². The molecule has 0 bridgehead atoms. The molecule has 0 aliphatic rings. The highest BCUT2D eigenvalue weighted by Crippen LogP contribution is 2.32. The number of hydrogen-bond donors (Lipinski definition) is 2. The van der Waals surface area contributed by atoms with Gasteiger partial charge in [0.25, 0.3) is 0 Å². The highest BCUT2D eigenvalue weighted by atomic mass is 19.4. The second-order valence-electron chi connectivity index (χ2n) is 2.89. The lowest BCUT2D eigenvalue weighted by molar-refractivity contribution is -0.142. The van der Waals surface area contributed by atoms with Crippen molar-refractivity contribution in [1.29, 1.82) is 0 Å². The van der Waals surface area contributed by atoms with Crippen LogP contribution in [0.1, 0.15) is 17.3 Å². The van der Waals surface area contributed by atoms with Crippen LogP contribution in [-0.2, 0) is 13.2 Å². The number of aliphatic hydroxyl groups excluding tert-OH is 1. The average Bonchev–Trinajstić information content (AvgIpc) is 2.45. The lowest BCUT2D eigenvalue weighted by Crippen LogP contribution is -2.19. The molecule has 1 unspecified atom stereocenters. The molecule has 0 radical (unpaired) electrons. The van der Waals surface area contributed by atoms with Crippen LogP contribution in [0.4, 0.5) is 13.2 Å². The van der Waals surface area contributed by atoms with Crippen molar-refractivity contribution in [2.75, 3.05) is 6.61 Å². The smallest absolute Gasteiger partial charge is 0.394 e. The lowest BCUT2D eigenvalue weighted by atomic mass is 10.1. The van der Waals surface area contributed by atoms with Crippen molar-refractivity contribution in [3.63, 3.8) is 0 Å². The van der Waals surface area contributed by atoms with E-state index in [1.54, 1.807) is 0 Å². The topological polar surface area (TPSA) is 64.1 Å². The number of aryl methyl sites for hydroxylation is 1. The molecule has 0 saturated heterocycles. The van der Waals surface area contributed by atoms with Crippen LogP contribution < -0.4 is 5.73 Å². The van der Waals surface area contributed by atoms with E-state index in [-0.39, 0.29) is 5.56 Å². The van der Waals surface area contributed by atoms with Crippen LogP contribution in [0.3, 0.4) is 0 Å². The Bertz CT molecular complexity index is 320. The third-order valence-electron chi connectivity index (χ3n) is 1.72. The molecule has 3 N–H and O–H groups in total. The van der Waals surface area contributed by atoms with Gasteiger partial charge in [-0.1, -0.05) is 0 Å². The monoisotopic (exact) mass is 209 g/mol. The molecule has 1 aromatic rings. The summed E-state index contributed by atoms with van der Waals surface area (Å²) >= 11 is 0. The molecular weight excluding hydrogens is 199 g/mol. The maximum atomic E-state index is 12.3. The highest BCUT2D eigenvalue weighted by Gasteiger charge is 2.38. The van der Waals surface area contributed by atoms with Crippen LogP contribution in [-0.4, -0.2) is 21.5 Å². The molecule has 1 aromatic heterocycles. The van der Waals surface area contributed by atoms with Gasteiger partial charge in [0.15, 0.2) is 5.69 Å². The van der Waals surface area contributed by atoms with Gasteiger partial charge in [-0.3, -0.25) is 4.68 Å². The number of nitrogens with two attached hydrogens (primary N) is 1. The average molecular weight is 209 g/mol. The first-order chi connectivity index (χ1) is 6.36. The van der Waals surface area contributed by atoms with Crippen molar-refractivity contribution >= 4 is 0 Å². The van der Waals surface area contributed by atoms with E-state index in [1.165, 1.54) is 7.05 Å². The van der Waals surface area contributed by atoms with E-state index in [1.807, 2.05) is 0 Å². The molecule has 0 amide bonds. The first-order valence-electron chi connectivity index (χ1n) is 3.83. The van der Waals surface area contributed by atoms with Gasteiger partial charge in [0.1, 0.15) is 0 Å². The van der Waals surface area contributed by atoms with E-state index in [0.717, 1.165) is 10.9 Å². The lowest BCUT2D eigenvalue weighted by Gasteiger charge is -2.09. The molecule has 0 fully saturated rings. The zero-order valence-electron chi connectivity index (χ0n) is 7.41. The van der Waals surface area contributed by atoms with Crippen LogP contribution in [0.15, 0.2) is 6.20 Å². The van der Waals surface area contributed by atoms with Gasteiger partial charge in [0.05, 0.1) is 12.6 Å². The molecule has 80 valence electrons. The van der Waals surface area contributed by atoms with Crippen LogP contribution in [0.25, 0.3) is 0 Å². The summed E-state index contributed by atoms with van der Waals surface area (Å²) in [5.74, 6) is 0. The normalized spacial score (nSPS) is 14.4. The minimum absolute atomic E-state index is 0.192. The van der Waals surface area contributed by atoms with Crippen molar-refractivity contribution in [2.24, 2.45) is 12.8 Å². The predicted octanol–water partition coefficient (Wildman–Crippen LogP) is 0.431. The van der Waals surface area contributed by atoms with Crippen molar-refractivity contribution in [2.45, 2.75) is 12.2 Å². The molecule has 1 atom stereocenters. The summed E-state index contributed by atoms with van der Waals surface area (Å²) in [6, 6.07) is -1.06. The van der Waals surface area contributed by atoms with Crippen LogP contribution >= 0.6 is 0 Å². The van der Waals surface area contributed by atoms with Crippen LogP contribution in [0.5, 0.6) is 0 Å². The van der Waals surface area contributed by atoms with Crippen molar-refractivity contribution in [1.82, 2.24) is 9.78 Å². The van der Waals surface area contributed by atoms with Gasteiger partial charge < -0.3 is 10.8 Å². The van der Waals surface area contributed by atoms with Crippen molar-refractivity contribution in [3.05, 3.63) is 17.5 Å². The third-order valence-corrected chi connectivity index (χ3v) is 1.72. The van der Waals surface area contributed by atoms with Gasteiger partial charge in [-0.05, 0) is 0 Å². The van der Waals surface area contributed by atoms with Gasteiger partial charge in [-0.15, -0.1) is 0 Å². The van der Waals surface area contributed by atoms with E-state index < -0.39 is 24.5 Å². The van der Waals surface area contributed by atoms with Crippen LogP contribution in [0.2, 0.25) is 0 Å². The Morgan fingerprint density at radius 3 is 2.64 bits per heavy atom. The summed E-state index contributed by atoms with van der Waals surface area (Å²) in [5.41, 5.74) is 4.07. The molecule has 14 heavy (non-hydrogen) atoms. The van der Waals surface area contributed by atoms with Gasteiger partial charge in [-0.2, -0.15) is 18.3 Å². The van der Waals surface area contributed by atoms with Gasteiger partial charge >= 0.3 is 6.18 Å². The number of aromatic nitrogens is 2. The number of aliphatic hydroxyl groups is 1. The van der Waals surface area contributed by atoms with E-state index in [0.29, 0.717) is 0 Å². The minimum atomic E-state index is -4.54. The Hall–Kier alpha value is -1.08. The van der Waals surface area contributed by atoms with E-state index in [9.17, 15) is 13.2 Å². The molecule has 0 aliphatic carbocycles. The number of nitrogens with zero attached hydrogens (tertiary/aromatic N) is 2. The quantitative estimate of drug-likeness (QED) is 0.742. The summed E-state index contributed by atoms with van der Waals surface area (Å²) < 4.78 is 38.1. The Morgan fingerprint density at radius 1 is 1.64 bits per heavy atom. The van der Waals surface area contributed by atoms with E-state index in [4.69, 9.17) is 10.8 Å². The molecule has 1 rings (SSSR count). The fourth-order valence-corrected chi connectivity index (χ4v) is 1.10. The molecule has 0 aliphatic heterocycles. The molecular formula is C7H10F3N3O.